The lowest BCUT2D eigenvalue weighted by Gasteiger charge is -2.36. The number of nitrogens with one attached hydrogen (secondary N) is 1. The highest BCUT2D eigenvalue weighted by molar-refractivity contribution is 6.36. The summed E-state index contributed by atoms with van der Waals surface area (Å²) >= 11 is 12.7. The first-order valence-electron chi connectivity index (χ1n) is 7.34. The van der Waals surface area contributed by atoms with Gasteiger partial charge in [0.15, 0.2) is 5.78 Å². The first kappa shape index (κ1) is 18.2. The molecule has 0 saturated carbocycles. The Balaban J connectivity index is 2.50. The molecule has 0 saturated heterocycles. The van der Waals surface area contributed by atoms with Gasteiger partial charge >= 0.3 is 0 Å². The normalized spacial score (nSPS) is 14.2. The SMILES string of the molecule is C=CC(=O)NC(CCl)(c1ccccc1)C(Cl)C(=O)c1ccccc1. The van der Waals surface area contributed by atoms with Crippen molar-refractivity contribution >= 4 is 34.9 Å². The maximum atomic E-state index is 12.8. The van der Waals surface area contributed by atoms with Crippen molar-refractivity contribution in [3.05, 3.63) is 84.4 Å². The molecule has 2 aromatic carbocycles. The molecule has 1 N–H and O–H groups in total. The lowest BCUT2D eigenvalue weighted by atomic mass is 9.84. The van der Waals surface area contributed by atoms with E-state index < -0.39 is 16.8 Å². The summed E-state index contributed by atoms with van der Waals surface area (Å²) in [6.45, 7) is 3.45. The Morgan fingerprint density at radius 3 is 2.12 bits per heavy atom. The van der Waals surface area contributed by atoms with Gasteiger partial charge in [-0.3, -0.25) is 9.59 Å². The van der Waals surface area contributed by atoms with Crippen LogP contribution in [0, 0.1) is 0 Å². The van der Waals surface area contributed by atoms with E-state index in [1.165, 1.54) is 0 Å². The van der Waals surface area contributed by atoms with E-state index in [0.717, 1.165) is 6.08 Å². The summed E-state index contributed by atoms with van der Waals surface area (Å²) in [4.78, 5) is 24.8. The Morgan fingerprint density at radius 1 is 1.08 bits per heavy atom. The van der Waals surface area contributed by atoms with Crippen LogP contribution in [0.4, 0.5) is 0 Å². The second kappa shape index (κ2) is 8.13. The topological polar surface area (TPSA) is 46.2 Å². The molecule has 2 atom stereocenters. The van der Waals surface area contributed by atoms with Gasteiger partial charge in [-0.05, 0) is 11.6 Å². The minimum absolute atomic E-state index is 0.0661. The van der Waals surface area contributed by atoms with Gasteiger partial charge in [0.2, 0.25) is 5.91 Å². The summed E-state index contributed by atoms with van der Waals surface area (Å²) < 4.78 is 0. The third-order valence-corrected chi connectivity index (χ3v) is 4.74. The molecule has 5 heteroatoms. The van der Waals surface area contributed by atoms with Gasteiger partial charge in [0.25, 0.3) is 0 Å². The van der Waals surface area contributed by atoms with Gasteiger partial charge in [0.05, 0.1) is 5.88 Å². The van der Waals surface area contributed by atoms with E-state index in [-0.39, 0.29) is 11.7 Å². The fraction of sp³-hybridized carbons (Fsp3) is 0.158. The minimum Gasteiger partial charge on any atom is -0.340 e. The van der Waals surface area contributed by atoms with Crippen LogP contribution in [0.2, 0.25) is 0 Å². The van der Waals surface area contributed by atoms with Gasteiger partial charge in [-0.15, -0.1) is 23.2 Å². The highest BCUT2D eigenvalue weighted by Crippen LogP contribution is 2.33. The number of halogens is 2. The van der Waals surface area contributed by atoms with E-state index in [2.05, 4.69) is 11.9 Å². The molecule has 0 aliphatic heterocycles. The second-order valence-electron chi connectivity index (χ2n) is 5.26. The predicted molar refractivity (Wildman–Crippen MR) is 97.6 cm³/mol. The second-order valence-corrected chi connectivity index (χ2v) is 5.96. The Kier molecular flexibility index (Phi) is 6.18. The highest BCUT2D eigenvalue weighted by Gasteiger charge is 2.44. The zero-order chi connectivity index (χ0) is 17.6. The van der Waals surface area contributed by atoms with Gasteiger partial charge in [0.1, 0.15) is 10.9 Å². The van der Waals surface area contributed by atoms with Crippen molar-refractivity contribution in [2.45, 2.75) is 10.9 Å². The Bertz CT molecular complexity index is 719. The molecule has 2 unspecified atom stereocenters. The first-order chi connectivity index (χ1) is 11.5. The number of ketones is 1. The summed E-state index contributed by atoms with van der Waals surface area (Å²) in [7, 11) is 0. The molecule has 1 amide bonds. The van der Waals surface area contributed by atoms with Crippen molar-refractivity contribution in [1.29, 1.82) is 0 Å². The van der Waals surface area contributed by atoms with Crippen LogP contribution in [0.25, 0.3) is 0 Å². The standard InChI is InChI=1S/C19H17Cl2NO2/c1-2-16(23)22-19(13-20,15-11-7-4-8-12-15)18(21)17(24)14-9-5-3-6-10-14/h2-12,18H,1,13H2,(H,22,23). The van der Waals surface area contributed by atoms with Crippen molar-refractivity contribution in [2.24, 2.45) is 0 Å². The molecule has 124 valence electrons. The van der Waals surface area contributed by atoms with Crippen LogP contribution < -0.4 is 5.32 Å². The average Bonchev–Trinajstić information content (AvgIpc) is 2.66. The van der Waals surface area contributed by atoms with Crippen LogP contribution in [0.5, 0.6) is 0 Å². The van der Waals surface area contributed by atoms with Gasteiger partial charge in [-0.1, -0.05) is 67.2 Å². The molecular formula is C19H17Cl2NO2. The van der Waals surface area contributed by atoms with E-state index >= 15 is 0 Å². The van der Waals surface area contributed by atoms with Crippen LogP contribution in [-0.4, -0.2) is 22.9 Å². The lowest BCUT2D eigenvalue weighted by molar-refractivity contribution is -0.118. The van der Waals surface area contributed by atoms with Gasteiger partial charge < -0.3 is 5.32 Å². The molecular weight excluding hydrogens is 345 g/mol. The van der Waals surface area contributed by atoms with E-state index in [0.29, 0.717) is 11.1 Å². The van der Waals surface area contributed by atoms with Crippen LogP contribution in [0.1, 0.15) is 15.9 Å². The largest absolute Gasteiger partial charge is 0.340 e. The fourth-order valence-corrected chi connectivity index (χ4v) is 3.28. The van der Waals surface area contributed by atoms with E-state index in [4.69, 9.17) is 23.2 Å². The van der Waals surface area contributed by atoms with Crippen molar-refractivity contribution in [1.82, 2.24) is 5.32 Å². The van der Waals surface area contributed by atoms with Gasteiger partial charge in [0, 0.05) is 5.56 Å². The molecule has 0 spiro atoms. The zero-order valence-electron chi connectivity index (χ0n) is 12.9. The summed E-state index contributed by atoms with van der Waals surface area (Å²) in [5.74, 6) is -0.833. The molecule has 24 heavy (non-hydrogen) atoms. The summed E-state index contributed by atoms with van der Waals surface area (Å²) in [5.41, 5.74) is -0.141. The number of hydrogen-bond donors (Lipinski definition) is 1. The quantitative estimate of drug-likeness (QED) is 0.461. The molecule has 0 heterocycles. The minimum atomic E-state index is -1.25. The fourth-order valence-electron chi connectivity index (χ4n) is 2.44. The number of alkyl halides is 2. The highest BCUT2D eigenvalue weighted by atomic mass is 35.5. The molecule has 3 nitrogen and oxygen atoms in total. The lowest BCUT2D eigenvalue weighted by Crippen LogP contribution is -2.55. The van der Waals surface area contributed by atoms with Crippen LogP contribution in [-0.2, 0) is 10.3 Å². The number of amides is 1. The number of carbonyl (C=O) groups excluding carboxylic acids is 2. The number of Topliss-reactive ketones (excluding diaryl/α,β-unsaturated/α-hetero) is 1. The average molecular weight is 362 g/mol. The van der Waals surface area contributed by atoms with Crippen molar-refractivity contribution in [3.8, 4) is 0 Å². The maximum Gasteiger partial charge on any atom is 0.244 e. The third-order valence-electron chi connectivity index (χ3n) is 3.75. The van der Waals surface area contributed by atoms with Crippen LogP contribution in [0.3, 0.4) is 0 Å². The van der Waals surface area contributed by atoms with Crippen molar-refractivity contribution < 1.29 is 9.59 Å². The molecule has 0 radical (unpaired) electrons. The van der Waals surface area contributed by atoms with E-state index in [1.807, 2.05) is 12.1 Å². The number of benzene rings is 2. The summed E-state index contributed by atoms with van der Waals surface area (Å²) in [6, 6.07) is 17.7. The Hall–Kier alpha value is -2.10. The zero-order valence-corrected chi connectivity index (χ0v) is 14.4. The molecule has 0 fully saturated rings. The Labute approximate surface area is 151 Å². The smallest absolute Gasteiger partial charge is 0.244 e. The molecule has 2 aromatic rings. The molecule has 0 aliphatic rings. The van der Waals surface area contributed by atoms with Crippen LogP contribution >= 0.6 is 23.2 Å². The van der Waals surface area contributed by atoms with Gasteiger partial charge in [-0.2, -0.15) is 0 Å². The third kappa shape index (κ3) is 3.69. The van der Waals surface area contributed by atoms with Crippen molar-refractivity contribution in [2.75, 3.05) is 5.88 Å². The Morgan fingerprint density at radius 2 is 1.62 bits per heavy atom. The maximum absolute atomic E-state index is 12.8. The molecule has 2 rings (SSSR count). The predicted octanol–water partition coefficient (Wildman–Crippen LogP) is 3.91. The summed E-state index contributed by atoms with van der Waals surface area (Å²) in [5, 5.41) is 1.67. The number of rotatable bonds is 7. The number of carbonyl (C=O) groups is 2. The monoisotopic (exact) mass is 361 g/mol. The van der Waals surface area contributed by atoms with Gasteiger partial charge in [-0.25, -0.2) is 0 Å². The first-order valence-corrected chi connectivity index (χ1v) is 8.31. The summed E-state index contributed by atoms with van der Waals surface area (Å²) in [6.07, 6.45) is 1.13. The number of hydrogen-bond acceptors (Lipinski definition) is 2. The molecule has 0 aliphatic carbocycles. The molecule has 0 bridgehead atoms. The van der Waals surface area contributed by atoms with Crippen molar-refractivity contribution in [3.63, 3.8) is 0 Å². The van der Waals surface area contributed by atoms with E-state index in [1.54, 1.807) is 48.5 Å². The van der Waals surface area contributed by atoms with E-state index in [9.17, 15) is 9.59 Å². The van der Waals surface area contributed by atoms with Crippen LogP contribution in [0.15, 0.2) is 73.3 Å². The molecule has 0 aromatic heterocycles.